The van der Waals surface area contributed by atoms with Gasteiger partial charge in [-0.15, -0.1) is 0 Å². The lowest BCUT2D eigenvalue weighted by atomic mass is 9.70. The Bertz CT molecular complexity index is 997. The van der Waals surface area contributed by atoms with Crippen molar-refractivity contribution < 1.29 is 33.5 Å². The van der Waals surface area contributed by atoms with Crippen LogP contribution in [0.25, 0.3) is 0 Å². The molecular weight excluding hydrogens is 518 g/mol. The van der Waals surface area contributed by atoms with E-state index in [4.69, 9.17) is 10.5 Å². The average molecular weight is 564 g/mol. The lowest BCUT2D eigenvalue weighted by Crippen LogP contribution is -2.61. The molecule has 5 N–H and O–H groups in total. The fourth-order valence-electron chi connectivity index (χ4n) is 5.72. The van der Waals surface area contributed by atoms with Crippen LogP contribution in [0.15, 0.2) is 0 Å². The molecule has 5 amide bonds. The number of urea groups is 1. The van der Waals surface area contributed by atoms with Crippen molar-refractivity contribution in [2.75, 3.05) is 13.1 Å². The van der Waals surface area contributed by atoms with Crippen molar-refractivity contribution in [1.82, 2.24) is 20.9 Å². The second-order valence-corrected chi connectivity index (χ2v) is 12.7. The highest BCUT2D eigenvalue weighted by atomic mass is 16.6. The summed E-state index contributed by atoms with van der Waals surface area (Å²) in [6.07, 6.45) is 7.45. The third-order valence-corrected chi connectivity index (χ3v) is 8.01. The number of amides is 5. The molecule has 12 nitrogen and oxygen atoms in total. The van der Waals surface area contributed by atoms with Crippen molar-refractivity contribution in [3.63, 3.8) is 0 Å². The normalized spacial score (nSPS) is 22.0. The predicted molar refractivity (Wildman–Crippen MR) is 146 cm³/mol. The monoisotopic (exact) mass is 563 g/mol. The molecular formula is C28H45N5O7. The number of nitrogens with one attached hydrogen (secondary N) is 3. The highest BCUT2D eigenvalue weighted by Crippen LogP contribution is 2.40. The lowest BCUT2D eigenvalue weighted by Gasteiger charge is -2.42. The topological polar surface area (TPSA) is 177 Å². The summed E-state index contributed by atoms with van der Waals surface area (Å²) >= 11 is 0. The molecule has 3 aliphatic rings. The Hall–Kier alpha value is -3.18. The zero-order valence-corrected chi connectivity index (χ0v) is 24.2. The summed E-state index contributed by atoms with van der Waals surface area (Å²) < 4.78 is 5.24. The van der Waals surface area contributed by atoms with E-state index in [1.54, 1.807) is 20.8 Å². The highest BCUT2D eigenvalue weighted by molar-refractivity contribution is 6.37. The SMILES string of the molecule is CC(C)(C)OC(=O)CNC(=O)NC(C(=O)N1CCCC1C(=O)NC(CC1CC1)C(=O)C(N)=O)C1(C)CCCCC1. The highest BCUT2D eigenvalue weighted by Gasteiger charge is 2.46. The van der Waals surface area contributed by atoms with E-state index >= 15 is 0 Å². The first-order valence-electron chi connectivity index (χ1n) is 14.4. The molecule has 0 spiro atoms. The van der Waals surface area contributed by atoms with Crippen molar-refractivity contribution >= 4 is 35.5 Å². The molecule has 3 unspecified atom stereocenters. The van der Waals surface area contributed by atoms with Crippen LogP contribution >= 0.6 is 0 Å². The molecule has 2 aliphatic carbocycles. The van der Waals surface area contributed by atoms with E-state index in [-0.39, 0.29) is 18.4 Å². The molecule has 1 saturated heterocycles. The molecule has 224 valence electrons. The minimum atomic E-state index is -1.10. The Balaban J connectivity index is 1.72. The van der Waals surface area contributed by atoms with Gasteiger partial charge in [-0.05, 0) is 64.2 Å². The number of esters is 1. The second kappa shape index (κ2) is 13.0. The number of primary amides is 1. The van der Waals surface area contributed by atoms with Gasteiger partial charge in [0, 0.05) is 6.54 Å². The maximum atomic E-state index is 14.0. The predicted octanol–water partition coefficient (Wildman–Crippen LogP) is 1.30. The van der Waals surface area contributed by atoms with Crippen LogP contribution in [-0.4, -0.2) is 77.2 Å². The largest absolute Gasteiger partial charge is 0.459 e. The Morgan fingerprint density at radius 1 is 0.975 bits per heavy atom. The first-order chi connectivity index (χ1) is 18.7. The maximum Gasteiger partial charge on any atom is 0.325 e. The van der Waals surface area contributed by atoms with Gasteiger partial charge >= 0.3 is 12.0 Å². The van der Waals surface area contributed by atoms with Crippen molar-refractivity contribution in [2.24, 2.45) is 17.1 Å². The number of rotatable bonds is 11. The number of carbonyl (C=O) groups excluding carboxylic acids is 6. The number of likely N-dealkylation sites (tertiary alicyclic amines) is 1. The Kier molecular flexibility index (Phi) is 10.2. The summed E-state index contributed by atoms with van der Waals surface area (Å²) in [5.41, 5.74) is 3.97. The molecule has 12 heteroatoms. The standard InChI is InChI=1S/C28H45N5O7/c1-27(2,3)40-20(34)16-30-26(39)32-22(28(4)12-6-5-7-13-28)25(38)33-14-8-9-19(33)24(37)31-18(15-17-10-11-17)21(35)23(29)36/h17-19,22H,5-16H2,1-4H3,(H2,29,36)(H,31,37)(H2,30,32,39). The molecule has 1 aliphatic heterocycles. The Morgan fingerprint density at radius 3 is 2.20 bits per heavy atom. The first-order valence-corrected chi connectivity index (χ1v) is 14.4. The van der Waals surface area contributed by atoms with Gasteiger partial charge in [-0.3, -0.25) is 24.0 Å². The Labute approximate surface area is 235 Å². The molecule has 40 heavy (non-hydrogen) atoms. The van der Waals surface area contributed by atoms with E-state index in [9.17, 15) is 28.8 Å². The summed E-state index contributed by atoms with van der Waals surface area (Å²) in [7, 11) is 0. The third-order valence-electron chi connectivity index (χ3n) is 8.01. The smallest absolute Gasteiger partial charge is 0.325 e. The van der Waals surface area contributed by atoms with Crippen LogP contribution in [0.1, 0.15) is 91.9 Å². The lowest BCUT2D eigenvalue weighted by molar-refractivity contribution is -0.153. The number of Topliss-reactive ketones (excluding diaryl/α,β-unsaturated/α-hetero) is 1. The zero-order chi connectivity index (χ0) is 29.7. The molecule has 0 radical (unpaired) electrons. The van der Waals surface area contributed by atoms with Crippen LogP contribution in [0.3, 0.4) is 0 Å². The minimum Gasteiger partial charge on any atom is -0.459 e. The molecule has 3 atom stereocenters. The van der Waals surface area contributed by atoms with Gasteiger partial charge in [-0.1, -0.05) is 39.0 Å². The molecule has 0 aromatic carbocycles. The molecule has 3 fully saturated rings. The van der Waals surface area contributed by atoms with Crippen LogP contribution in [0, 0.1) is 11.3 Å². The quantitative estimate of drug-likeness (QED) is 0.216. The Morgan fingerprint density at radius 2 is 1.62 bits per heavy atom. The zero-order valence-electron chi connectivity index (χ0n) is 24.2. The van der Waals surface area contributed by atoms with Crippen molar-refractivity contribution in [3.8, 4) is 0 Å². The third kappa shape index (κ3) is 8.66. The number of nitrogens with two attached hydrogens (primary N) is 1. The summed E-state index contributed by atoms with van der Waals surface area (Å²) in [6, 6.07) is -3.45. The van der Waals surface area contributed by atoms with Crippen LogP contribution < -0.4 is 21.7 Å². The van der Waals surface area contributed by atoms with Gasteiger partial charge in [-0.25, -0.2) is 4.79 Å². The number of nitrogens with zero attached hydrogens (tertiary/aromatic N) is 1. The number of hydrogen-bond donors (Lipinski definition) is 4. The number of hydrogen-bond acceptors (Lipinski definition) is 7. The summed E-state index contributed by atoms with van der Waals surface area (Å²) in [4.78, 5) is 77.7. The fraction of sp³-hybridized carbons (Fsp3) is 0.786. The maximum absolute atomic E-state index is 14.0. The van der Waals surface area contributed by atoms with Gasteiger partial charge in [0.2, 0.25) is 17.6 Å². The van der Waals surface area contributed by atoms with Crippen molar-refractivity contribution in [2.45, 2.75) is 116 Å². The van der Waals surface area contributed by atoms with E-state index < -0.39 is 58.7 Å². The summed E-state index contributed by atoms with van der Waals surface area (Å²) in [6.45, 7) is 7.11. The van der Waals surface area contributed by atoms with Crippen LogP contribution in [0.5, 0.6) is 0 Å². The van der Waals surface area contributed by atoms with Crippen LogP contribution in [0.2, 0.25) is 0 Å². The second-order valence-electron chi connectivity index (χ2n) is 12.7. The fourth-order valence-corrected chi connectivity index (χ4v) is 5.72. The minimum absolute atomic E-state index is 0.258. The van der Waals surface area contributed by atoms with Crippen LogP contribution in [-0.2, 0) is 28.7 Å². The summed E-state index contributed by atoms with van der Waals surface area (Å²) in [5, 5.41) is 7.96. The summed E-state index contributed by atoms with van der Waals surface area (Å²) in [5.74, 6) is -3.17. The molecule has 2 saturated carbocycles. The molecule has 3 rings (SSSR count). The number of carbonyl (C=O) groups is 6. The van der Waals surface area contributed by atoms with Gasteiger partial charge in [0.1, 0.15) is 24.2 Å². The molecule has 0 aromatic heterocycles. The van der Waals surface area contributed by atoms with E-state index in [0.717, 1.165) is 44.9 Å². The van der Waals surface area contributed by atoms with E-state index in [2.05, 4.69) is 16.0 Å². The number of ketones is 1. The average Bonchev–Trinajstić information content (AvgIpc) is 3.55. The van der Waals surface area contributed by atoms with E-state index in [1.165, 1.54) is 4.90 Å². The van der Waals surface area contributed by atoms with E-state index in [0.29, 0.717) is 25.8 Å². The van der Waals surface area contributed by atoms with E-state index in [1.807, 2.05) is 6.92 Å². The van der Waals surface area contributed by atoms with Crippen LogP contribution in [0.4, 0.5) is 4.79 Å². The van der Waals surface area contributed by atoms with Gasteiger partial charge in [0.25, 0.3) is 5.91 Å². The molecule has 1 heterocycles. The van der Waals surface area contributed by atoms with Crippen molar-refractivity contribution in [3.05, 3.63) is 0 Å². The number of ether oxygens (including phenoxy) is 1. The van der Waals surface area contributed by atoms with Gasteiger partial charge < -0.3 is 31.3 Å². The first kappa shape index (κ1) is 31.3. The van der Waals surface area contributed by atoms with Gasteiger partial charge in [0.15, 0.2) is 0 Å². The molecule has 0 bridgehead atoms. The molecule has 0 aromatic rings. The van der Waals surface area contributed by atoms with Gasteiger partial charge in [-0.2, -0.15) is 0 Å². The van der Waals surface area contributed by atoms with Crippen molar-refractivity contribution in [1.29, 1.82) is 0 Å². The van der Waals surface area contributed by atoms with Gasteiger partial charge in [0.05, 0.1) is 6.04 Å².